The number of nitrogen functional groups attached to an aromatic ring is 1. The number of piperidine rings is 1. The van der Waals surface area contributed by atoms with E-state index in [4.69, 9.17) is 16.6 Å². The van der Waals surface area contributed by atoms with E-state index < -0.39 is 0 Å². The number of likely N-dealkylation sites (tertiary alicyclic amines) is 1. The lowest BCUT2D eigenvalue weighted by molar-refractivity contribution is 0.212. The van der Waals surface area contributed by atoms with Gasteiger partial charge in [-0.25, -0.2) is 10.8 Å². The Morgan fingerprint density at radius 2 is 1.97 bits per heavy atom. The van der Waals surface area contributed by atoms with Gasteiger partial charge in [-0.2, -0.15) is 5.10 Å². The van der Waals surface area contributed by atoms with Gasteiger partial charge in [0, 0.05) is 23.3 Å². The molecule has 0 unspecified atom stereocenters. The van der Waals surface area contributed by atoms with Crippen LogP contribution in [0.4, 0.5) is 11.5 Å². The first-order valence-corrected chi connectivity index (χ1v) is 10.9. The fourth-order valence-electron chi connectivity index (χ4n) is 4.27. The van der Waals surface area contributed by atoms with Gasteiger partial charge in [0.15, 0.2) is 5.82 Å². The summed E-state index contributed by atoms with van der Waals surface area (Å²) in [7, 11) is 2.16. The number of anilines is 2. The molecule has 1 aliphatic heterocycles. The molecule has 4 aromatic rings. The molecule has 5 rings (SSSR count). The fraction of sp³-hybridized carbons (Fsp3) is 0.292. The van der Waals surface area contributed by atoms with Crippen LogP contribution in [0.1, 0.15) is 24.4 Å². The number of fused-ring (bicyclic) bond motifs is 1. The number of hydrogen-bond donors (Lipinski definition) is 2. The van der Waals surface area contributed by atoms with Gasteiger partial charge in [0.1, 0.15) is 0 Å². The molecule has 0 amide bonds. The highest BCUT2D eigenvalue weighted by Gasteiger charge is 2.20. The molecule has 0 spiro atoms. The number of aromatic nitrogens is 4. The minimum absolute atomic E-state index is 0.432. The zero-order chi connectivity index (χ0) is 22.1. The van der Waals surface area contributed by atoms with Crippen molar-refractivity contribution in [1.29, 1.82) is 0 Å². The molecule has 4 N–H and O–H groups in total. The number of hydrazine groups is 1. The van der Waals surface area contributed by atoms with Gasteiger partial charge in [-0.15, -0.1) is 0 Å². The summed E-state index contributed by atoms with van der Waals surface area (Å²) in [5.41, 5.74) is 10.6. The number of nitrogens with zero attached hydrogens (tertiary/aromatic N) is 6. The minimum Gasteiger partial charge on any atom is -0.396 e. The van der Waals surface area contributed by atoms with Crippen LogP contribution in [0.25, 0.3) is 22.2 Å². The van der Waals surface area contributed by atoms with E-state index in [0.29, 0.717) is 24.1 Å². The predicted molar refractivity (Wildman–Crippen MR) is 128 cm³/mol. The SMILES string of the molecule is CN1CCC(n2cc(-c3ccc(N)c(N(N)Cc4ccc5ncccc5c4)n3)cn2)CC1. The van der Waals surface area contributed by atoms with E-state index in [-0.39, 0.29) is 0 Å². The van der Waals surface area contributed by atoms with Crippen molar-refractivity contribution in [2.45, 2.75) is 25.4 Å². The van der Waals surface area contributed by atoms with Gasteiger partial charge in [-0.3, -0.25) is 14.7 Å². The standard InChI is InChI=1S/C24H28N8/c1-30-11-8-20(9-12-30)32-16-19(14-28-32)23-7-5-21(25)24(29-23)31(26)15-17-4-6-22-18(13-17)3-2-10-27-22/h2-7,10,13-14,16,20H,8-9,11-12,15,25-26H2,1H3. The summed E-state index contributed by atoms with van der Waals surface area (Å²) in [4.78, 5) is 11.5. The van der Waals surface area contributed by atoms with Gasteiger partial charge < -0.3 is 10.6 Å². The van der Waals surface area contributed by atoms with Crippen molar-refractivity contribution in [3.05, 3.63) is 66.6 Å². The van der Waals surface area contributed by atoms with E-state index in [0.717, 1.165) is 53.7 Å². The summed E-state index contributed by atoms with van der Waals surface area (Å²) in [6.45, 7) is 2.68. The zero-order valence-electron chi connectivity index (χ0n) is 18.2. The van der Waals surface area contributed by atoms with Crippen LogP contribution >= 0.6 is 0 Å². The van der Waals surface area contributed by atoms with Crippen molar-refractivity contribution >= 4 is 22.4 Å². The maximum atomic E-state index is 6.40. The van der Waals surface area contributed by atoms with Crippen molar-refractivity contribution in [2.24, 2.45) is 5.84 Å². The maximum absolute atomic E-state index is 6.40. The molecule has 1 aromatic carbocycles. The first-order valence-electron chi connectivity index (χ1n) is 10.9. The first-order chi connectivity index (χ1) is 15.6. The molecular formula is C24H28N8. The summed E-state index contributed by atoms with van der Waals surface area (Å²) >= 11 is 0. The molecule has 0 radical (unpaired) electrons. The predicted octanol–water partition coefficient (Wildman–Crippen LogP) is 3.22. The van der Waals surface area contributed by atoms with Crippen LogP contribution in [0.15, 0.2) is 61.1 Å². The third-order valence-corrected chi connectivity index (χ3v) is 6.16. The minimum atomic E-state index is 0.432. The monoisotopic (exact) mass is 428 g/mol. The van der Waals surface area contributed by atoms with Crippen LogP contribution in [0, 0.1) is 0 Å². The molecule has 3 aromatic heterocycles. The summed E-state index contributed by atoms with van der Waals surface area (Å²) < 4.78 is 2.07. The van der Waals surface area contributed by atoms with Gasteiger partial charge in [0.2, 0.25) is 0 Å². The lowest BCUT2D eigenvalue weighted by atomic mass is 10.1. The Morgan fingerprint density at radius 3 is 2.81 bits per heavy atom. The molecule has 0 atom stereocenters. The Bertz CT molecular complexity index is 1230. The second kappa shape index (κ2) is 8.57. The first kappa shape index (κ1) is 20.4. The summed E-state index contributed by atoms with van der Waals surface area (Å²) in [5, 5.41) is 7.28. The molecule has 1 saturated heterocycles. The lowest BCUT2D eigenvalue weighted by Gasteiger charge is -2.28. The normalized spacial score (nSPS) is 15.3. The number of nitrogens with two attached hydrogens (primary N) is 2. The van der Waals surface area contributed by atoms with Crippen LogP contribution in [0.5, 0.6) is 0 Å². The Kier molecular flexibility index (Phi) is 5.46. The molecule has 164 valence electrons. The smallest absolute Gasteiger partial charge is 0.166 e. The van der Waals surface area contributed by atoms with Gasteiger partial charge >= 0.3 is 0 Å². The molecule has 32 heavy (non-hydrogen) atoms. The summed E-state index contributed by atoms with van der Waals surface area (Å²) in [5.74, 6) is 6.96. The van der Waals surface area contributed by atoms with E-state index in [9.17, 15) is 0 Å². The molecule has 0 saturated carbocycles. The highest BCUT2D eigenvalue weighted by Crippen LogP contribution is 2.28. The summed E-state index contributed by atoms with van der Waals surface area (Å²) in [6, 6.07) is 14.3. The van der Waals surface area contributed by atoms with Gasteiger partial charge in [-0.05, 0) is 68.9 Å². The van der Waals surface area contributed by atoms with Crippen LogP contribution in [0.2, 0.25) is 0 Å². The number of hydrogen-bond acceptors (Lipinski definition) is 7. The average molecular weight is 429 g/mol. The molecule has 4 heterocycles. The summed E-state index contributed by atoms with van der Waals surface area (Å²) in [6.07, 6.45) is 7.96. The molecular weight excluding hydrogens is 400 g/mol. The molecule has 0 aliphatic carbocycles. The van der Waals surface area contributed by atoms with Crippen LogP contribution in [-0.4, -0.2) is 44.8 Å². The molecule has 1 aliphatic rings. The third-order valence-electron chi connectivity index (χ3n) is 6.16. The second-order valence-corrected chi connectivity index (χ2v) is 8.51. The Hall–Kier alpha value is -3.49. The molecule has 1 fully saturated rings. The molecule has 0 bridgehead atoms. The van der Waals surface area contributed by atoms with E-state index in [1.54, 1.807) is 11.2 Å². The van der Waals surface area contributed by atoms with Crippen molar-refractivity contribution in [2.75, 3.05) is 30.9 Å². The number of rotatable bonds is 5. The zero-order valence-corrected chi connectivity index (χ0v) is 18.2. The van der Waals surface area contributed by atoms with Crippen molar-refractivity contribution in [3.63, 3.8) is 0 Å². The third kappa shape index (κ3) is 4.15. The molecule has 8 nitrogen and oxygen atoms in total. The second-order valence-electron chi connectivity index (χ2n) is 8.51. The highest BCUT2D eigenvalue weighted by atomic mass is 15.4. The Morgan fingerprint density at radius 1 is 1.12 bits per heavy atom. The van der Waals surface area contributed by atoms with E-state index in [2.05, 4.69) is 39.0 Å². The quantitative estimate of drug-likeness (QED) is 0.372. The lowest BCUT2D eigenvalue weighted by Crippen LogP contribution is -2.31. The van der Waals surface area contributed by atoms with Gasteiger partial charge in [0.05, 0.1) is 35.7 Å². The van der Waals surface area contributed by atoms with Crippen molar-refractivity contribution < 1.29 is 0 Å². The molecule has 8 heteroatoms. The highest BCUT2D eigenvalue weighted by molar-refractivity contribution is 5.79. The topological polar surface area (TPSA) is 102 Å². The average Bonchev–Trinajstić information content (AvgIpc) is 3.30. The van der Waals surface area contributed by atoms with E-state index in [1.165, 1.54) is 0 Å². The van der Waals surface area contributed by atoms with E-state index in [1.807, 2.05) is 42.6 Å². The largest absolute Gasteiger partial charge is 0.396 e. The van der Waals surface area contributed by atoms with Crippen molar-refractivity contribution in [3.8, 4) is 11.3 Å². The van der Waals surface area contributed by atoms with Gasteiger partial charge in [0.25, 0.3) is 0 Å². The fourth-order valence-corrected chi connectivity index (χ4v) is 4.27. The Balaban J connectivity index is 1.36. The number of pyridine rings is 2. The van der Waals surface area contributed by atoms with Crippen LogP contribution < -0.4 is 16.6 Å². The van der Waals surface area contributed by atoms with Gasteiger partial charge in [-0.1, -0.05) is 12.1 Å². The van der Waals surface area contributed by atoms with Crippen LogP contribution in [0.3, 0.4) is 0 Å². The maximum Gasteiger partial charge on any atom is 0.166 e. The van der Waals surface area contributed by atoms with Crippen molar-refractivity contribution in [1.82, 2.24) is 24.6 Å². The van der Waals surface area contributed by atoms with Crippen LogP contribution in [-0.2, 0) is 6.54 Å². The van der Waals surface area contributed by atoms with E-state index >= 15 is 0 Å². The number of benzene rings is 1. The Labute approximate surface area is 187 Å².